The van der Waals surface area contributed by atoms with Crippen LogP contribution in [0.15, 0.2) is 60.9 Å². The second-order valence-corrected chi connectivity index (χ2v) is 7.31. The topological polar surface area (TPSA) is 81.0 Å². The fourth-order valence-electron chi connectivity index (χ4n) is 3.76. The molecule has 1 amide bonds. The third-order valence-corrected chi connectivity index (χ3v) is 5.37. The molecule has 0 N–H and O–H groups in total. The summed E-state index contributed by atoms with van der Waals surface area (Å²) in [7, 11) is 0. The van der Waals surface area contributed by atoms with Gasteiger partial charge in [-0.1, -0.05) is 54.6 Å². The van der Waals surface area contributed by atoms with Crippen LogP contribution < -0.4 is 0 Å². The van der Waals surface area contributed by atoms with Crippen LogP contribution in [0.1, 0.15) is 29.6 Å². The van der Waals surface area contributed by atoms with Crippen molar-refractivity contribution in [3.63, 3.8) is 0 Å². The van der Waals surface area contributed by atoms with Crippen LogP contribution in [-0.4, -0.2) is 49.9 Å². The Hall–Kier alpha value is -3.35. The third kappa shape index (κ3) is 4.56. The minimum atomic E-state index is -0.150. The monoisotopic (exact) mass is 389 g/mol. The van der Waals surface area contributed by atoms with Crippen LogP contribution in [0.4, 0.5) is 0 Å². The van der Waals surface area contributed by atoms with Crippen LogP contribution in [-0.2, 0) is 11.3 Å². The fraction of sp³-hybridized carbons (Fsp3) is 0.318. The van der Waals surface area contributed by atoms with E-state index in [2.05, 4.69) is 27.7 Å². The number of ketones is 1. The van der Waals surface area contributed by atoms with E-state index in [1.807, 2.05) is 42.5 Å². The van der Waals surface area contributed by atoms with Gasteiger partial charge in [-0.15, -0.1) is 5.10 Å². The maximum absolute atomic E-state index is 13.0. The number of likely N-dealkylation sites (tertiary alicyclic amines) is 1. The molecule has 1 fully saturated rings. The lowest BCUT2D eigenvalue weighted by Crippen LogP contribution is -2.42. The number of nitrogens with zero attached hydrogens (tertiary/aromatic N) is 5. The molecule has 1 aliphatic heterocycles. The van der Waals surface area contributed by atoms with Crippen LogP contribution in [0, 0.1) is 5.92 Å². The van der Waals surface area contributed by atoms with Crippen molar-refractivity contribution in [3.8, 4) is 11.1 Å². The lowest BCUT2D eigenvalue weighted by Gasteiger charge is -2.32. The Bertz CT molecular complexity index is 955. The van der Waals surface area contributed by atoms with Crippen molar-refractivity contribution in [2.75, 3.05) is 13.1 Å². The summed E-state index contributed by atoms with van der Waals surface area (Å²) in [4.78, 5) is 27.3. The molecule has 0 spiro atoms. The average molecular weight is 389 g/mol. The van der Waals surface area contributed by atoms with E-state index >= 15 is 0 Å². The second kappa shape index (κ2) is 8.77. The summed E-state index contributed by atoms with van der Waals surface area (Å²) in [5.74, 6) is 0.00308. The number of aromatic nitrogens is 4. The first-order valence-electron chi connectivity index (χ1n) is 9.89. The van der Waals surface area contributed by atoms with Gasteiger partial charge in [0.05, 0.1) is 6.54 Å². The van der Waals surface area contributed by atoms with E-state index < -0.39 is 0 Å². The van der Waals surface area contributed by atoms with Gasteiger partial charge in [0.25, 0.3) is 0 Å². The summed E-state index contributed by atoms with van der Waals surface area (Å²) in [6, 6.07) is 17.9. The highest BCUT2D eigenvalue weighted by molar-refractivity contribution is 5.98. The van der Waals surface area contributed by atoms with E-state index in [0.29, 0.717) is 31.6 Å². The minimum absolute atomic E-state index is 0.0393. The lowest BCUT2D eigenvalue weighted by atomic mass is 9.89. The van der Waals surface area contributed by atoms with Crippen molar-refractivity contribution in [2.45, 2.75) is 25.8 Å². The largest absolute Gasteiger partial charge is 0.342 e. The van der Waals surface area contributed by atoms with E-state index in [0.717, 1.165) is 24.0 Å². The molecule has 1 aromatic heterocycles. The highest BCUT2D eigenvalue weighted by Crippen LogP contribution is 2.24. The lowest BCUT2D eigenvalue weighted by molar-refractivity contribution is -0.132. The Kier molecular flexibility index (Phi) is 5.74. The van der Waals surface area contributed by atoms with Crippen molar-refractivity contribution in [3.05, 3.63) is 66.5 Å². The molecule has 1 unspecified atom stereocenters. The Morgan fingerprint density at radius 2 is 1.76 bits per heavy atom. The van der Waals surface area contributed by atoms with Crippen molar-refractivity contribution in [1.82, 2.24) is 25.1 Å². The number of Topliss-reactive ketones (excluding diaryl/α,β-unsaturated/α-hetero) is 1. The normalized spacial score (nSPS) is 16.6. The van der Waals surface area contributed by atoms with Crippen LogP contribution in [0.5, 0.6) is 0 Å². The van der Waals surface area contributed by atoms with Crippen LogP contribution >= 0.6 is 0 Å². The molecule has 1 saturated heterocycles. The number of amides is 1. The Balaban J connectivity index is 1.37. The maximum Gasteiger partial charge on any atom is 0.224 e. The highest BCUT2D eigenvalue weighted by Gasteiger charge is 2.28. The number of tetrazole rings is 1. The maximum atomic E-state index is 13.0. The van der Waals surface area contributed by atoms with Gasteiger partial charge in [-0.2, -0.15) is 0 Å². The molecule has 0 radical (unpaired) electrons. The quantitative estimate of drug-likeness (QED) is 0.606. The van der Waals surface area contributed by atoms with Crippen LogP contribution in [0.2, 0.25) is 0 Å². The van der Waals surface area contributed by atoms with Crippen molar-refractivity contribution >= 4 is 11.7 Å². The SMILES string of the molecule is O=C(c1ccc(-c2ccccc2)cc1)C1CCCN(C(=O)CCn2cnnn2)C1. The molecule has 0 aliphatic carbocycles. The van der Waals surface area contributed by atoms with E-state index in [1.54, 1.807) is 9.58 Å². The van der Waals surface area contributed by atoms with Crippen molar-refractivity contribution in [1.29, 1.82) is 0 Å². The molecular weight excluding hydrogens is 366 g/mol. The number of carbonyl (C=O) groups is 2. The van der Waals surface area contributed by atoms with Crippen LogP contribution in [0.3, 0.4) is 0 Å². The van der Waals surface area contributed by atoms with Gasteiger partial charge in [0.1, 0.15) is 6.33 Å². The van der Waals surface area contributed by atoms with Gasteiger partial charge in [0.2, 0.25) is 5.91 Å². The van der Waals surface area contributed by atoms with Crippen molar-refractivity contribution < 1.29 is 9.59 Å². The summed E-state index contributed by atoms with van der Waals surface area (Å²) < 4.78 is 1.54. The minimum Gasteiger partial charge on any atom is -0.342 e. The fourth-order valence-corrected chi connectivity index (χ4v) is 3.76. The molecule has 7 heteroatoms. The van der Waals surface area contributed by atoms with Gasteiger partial charge < -0.3 is 4.90 Å². The zero-order valence-electron chi connectivity index (χ0n) is 16.1. The number of benzene rings is 2. The summed E-state index contributed by atoms with van der Waals surface area (Å²) in [6.45, 7) is 1.63. The van der Waals surface area contributed by atoms with Gasteiger partial charge in [-0.3, -0.25) is 9.59 Å². The predicted molar refractivity (Wildman–Crippen MR) is 108 cm³/mol. The molecule has 2 heterocycles. The first kappa shape index (κ1) is 19.0. The van der Waals surface area contributed by atoms with Gasteiger partial charge in [0, 0.05) is 31.0 Å². The van der Waals surface area contributed by atoms with Gasteiger partial charge in [-0.05, 0) is 34.4 Å². The van der Waals surface area contributed by atoms with Gasteiger partial charge in [-0.25, -0.2) is 4.68 Å². The van der Waals surface area contributed by atoms with E-state index in [9.17, 15) is 9.59 Å². The predicted octanol–water partition coefficient (Wildman–Crippen LogP) is 2.85. The smallest absolute Gasteiger partial charge is 0.224 e. The molecule has 2 aromatic carbocycles. The third-order valence-electron chi connectivity index (χ3n) is 5.37. The molecule has 1 atom stereocenters. The van der Waals surface area contributed by atoms with E-state index in [-0.39, 0.29) is 17.6 Å². The molecule has 7 nitrogen and oxygen atoms in total. The summed E-state index contributed by atoms with van der Waals surface area (Å²) in [5, 5.41) is 10.9. The molecule has 148 valence electrons. The second-order valence-electron chi connectivity index (χ2n) is 7.31. The number of rotatable bonds is 6. The molecule has 29 heavy (non-hydrogen) atoms. The molecule has 4 rings (SSSR count). The molecule has 0 bridgehead atoms. The first-order valence-corrected chi connectivity index (χ1v) is 9.89. The van der Waals surface area contributed by atoms with Crippen LogP contribution in [0.25, 0.3) is 11.1 Å². The number of hydrogen-bond acceptors (Lipinski definition) is 5. The summed E-state index contributed by atoms with van der Waals surface area (Å²) in [6.07, 6.45) is 3.48. The number of carbonyl (C=O) groups excluding carboxylic acids is 2. The Morgan fingerprint density at radius 1 is 1.00 bits per heavy atom. The van der Waals surface area contributed by atoms with E-state index in [4.69, 9.17) is 0 Å². The Labute approximate surface area is 169 Å². The van der Waals surface area contributed by atoms with Gasteiger partial charge >= 0.3 is 0 Å². The van der Waals surface area contributed by atoms with Crippen molar-refractivity contribution in [2.24, 2.45) is 5.92 Å². The zero-order valence-corrected chi connectivity index (χ0v) is 16.1. The molecule has 1 aliphatic rings. The molecule has 3 aromatic rings. The number of aryl methyl sites for hydroxylation is 1. The zero-order chi connectivity index (χ0) is 20.1. The molecule has 0 saturated carbocycles. The van der Waals surface area contributed by atoms with Gasteiger partial charge in [0.15, 0.2) is 5.78 Å². The molecular formula is C22H23N5O2. The summed E-state index contributed by atoms with van der Waals surface area (Å²) in [5.41, 5.74) is 2.92. The average Bonchev–Trinajstić information content (AvgIpc) is 3.31. The number of piperidine rings is 1. The van der Waals surface area contributed by atoms with E-state index in [1.165, 1.54) is 6.33 Å². The first-order chi connectivity index (χ1) is 14.2. The highest BCUT2D eigenvalue weighted by atomic mass is 16.2. The number of hydrogen-bond donors (Lipinski definition) is 0. The standard InChI is InChI=1S/C22H23N5O2/c28-21(12-14-27-16-23-24-25-27)26-13-4-7-20(15-26)22(29)19-10-8-18(9-11-19)17-5-2-1-3-6-17/h1-3,5-6,8-11,16,20H,4,7,12-15H2. The summed E-state index contributed by atoms with van der Waals surface area (Å²) >= 11 is 0. The Morgan fingerprint density at radius 3 is 2.48 bits per heavy atom.